The van der Waals surface area contributed by atoms with Gasteiger partial charge in [0.25, 0.3) is 5.91 Å². The van der Waals surface area contributed by atoms with Crippen LogP contribution in [0.25, 0.3) is 0 Å². The smallest absolute Gasteiger partial charge is 0.263 e. The van der Waals surface area contributed by atoms with Crippen LogP contribution in [-0.2, 0) is 12.8 Å². The van der Waals surface area contributed by atoms with Gasteiger partial charge in [-0.2, -0.15) is 0 Å². The minimum atomic E-state index is 0.260. The van der Waals surface area contributed by atoms with Crippen LogP contribution in [0.15, 0.2) is 6.07 Å². The first kappa shape index (κ1) is 15.0. The number of amides is 1. The molecule has 1 N–H and O–H groups in total. The molecule has 0 atom stereocenters. The summed E-state index contributed by atoms with van der Waals surface area (Å²) in [6.07, 6.45) is 7.31. The zero-order valence-electron chi connectivity index (χ0n) is 13.0. The number of aryl methyl sites for hydroxylation is 2. The molecular formula is C17H26N2OS. The zero-order chi connectivity index (χ0) is 14.7. The Morgan fingerprint density at radius 3 is 2.81 bits per heavy atom. The second-order valence-corrected chi connectivity index (χ2v) is 7.44. The summed E-state index contributed by atoms with van der Waals surface area (Å²) in [6.45, 7) is 6.06. The first-order chi connectivity index (χ1) is 10.3. The molecule has 21 heavy (non-hydrogen) atoms. The molecule has 0 saturated carbocycles. The maximum absolute atomic E-state index is 12.8. The monoisotopic (exact) mass is 306 g/mol. The molecule has 1 saturated heterocycles. The van der Waals surface area contributed by atoms with Crippen molar-refractivity contribution in [1.82, 2.24) is 10.2 Å². The molecule has 1 aromatic heterocycles. The lowest BCUT2D eigenvalue weighted by Gasteiger charge is -2.29. The third-order valence-corrected chi connectivity index (χ3v) is 6.04. The van der Waals surface area contributed by atoms with Crippen LogP contribution in [0.5, 0.6) is 0 Å². The largest absolute Gasteiger partial charge is 0.338 e. The van der Waals surface area contributed by atoms with E-state index in [9.17, 15) is 4.79 Å². The van der Waals surface area contributed by atoms with Crippen molar-refractivity contribution in [2.45, 2.75) is 45.4 Å². The van der Waals surface area contributed by atoms with Gasteiger partial charge in [-0.1, -0.05) is 0 Å². The van der Waals surface area contributed by atoms with Crippen molar-refractivity contribution >= 4 is 17.2 Å². The second kappa shape index (κ2) is 6.93. The summed E-state index contributed by atoms with van der Waals surface area (Å²) in [5.41, 5.74) is 1.44. The first-order valence-corrected chi connectivity index (χ1v) is 9.21. The van der Waals surface area contributed by atoms with E-state index in [1.54, 1.807) is 11.3 Å². The van der Waals surface area contributed by atoms with E-state index in [0.29, 0.717) is 5.92 Å². The number of nitrogens with zero attached hydrogens (tertiary/aromatic N) is 1. The molecule has 0 spiro atoms. The fourth-order valence-electron chi connectivity index (χ4n) is 3.48. The van der Waals surface area contributed by atoms with Crippen LogP contribution in [0.3, 0.4) is 0 Å². The van der Waals surface area contributed by atoms with E-state index in [1.165, 1.54) is 49.0 Å². The van der Waals surface area contributed by atoms with Crippen molar-refractivity contribution in [2.75, 3.05) is 26.2 Å². The highest BCUT2D eigenvalue weighted by Gasteiger charge is 2.23. The Morgan fingerprint density at radius 2 is 2.10 bits per heavy atom. The van der Waals surface area contributed by atoms with E-state index in [1.807, 2.05) is 0 Å². The molecule has 2 aliphatic rings. The Balaban J connectivity index is 1.67. The van der Waals surface area contributed by atoms with Gasteiger partial charge in [-0.3, -0.25) is 4.79 Å². The molecule has 116 valence electrons. The number of piperidine rings is 1. The number of rotatable bonds is 4. The minimum Gasteiger partial charge on any atom is -0.338 e. The molecule has 3 rings (SSSR count). The molecular weight excluding hydrogens is 280 g/mol. The predicted molar refractivity (Wildman–Crippen MR) is 88.1 cm³/mol. The average Bonchev–Trinajstić information content (AvgIpc) is 2.97. The van der Waals surface area contributed by atoms with Gasteiger partial charge in [0.05, 0.1) is 4.88 Å². The fourth-order valence-corrected chi connectivity index (χ4v) is 4.71. The molecule has 0 radical (unpaired) electrons. The van der Waals surface area contributed by atoms with E-state index in [0.717, 1.165) is 31.1 Å². The topological polar surface area (TPSA) is 32.3 Å². The Kier molecular flexibility index (Phi) is 4.96. The maximum atomic E-state index is 12.8. The number of hydrogen-bond donors (Lipinski definition) is 1. The van der Waals surface area contributed by atoms with Crippen molar-refractivity contribution in [2.24, 2.45) is 5.92 Å². The lowest BCUT2D eigenvalue weighted by molar-refractivity contribution is 0.0731. The van der Waals surface area contributed by atoms with Gasteiger partial charge in [-0.15, -0.1) is 11.3 Å². The molecule has 0 bridgehead atoms. The lowest BCUT2D eigenvalue weighted by atomic mass is 9.97. The van der Waals surface area contributed by atoms with Gasteiger partial charge in [0.1, 0.15) is 0 Å². The third kappa shape index (κ3) is 3.49. The Bertz CT molecular complexity index is 467. The van der Waals surface area contributed by atoms with Gasteiger partial charge in [0.15, 0.2) is 0 Å². The van der Waals surface area contributed by atoms with Crippen molar-refractivity contribution in [1.29, 1.82) is 0 Å². The molecule has 1 aliphatic heterocycles. The molecule has 1 amide bonds. The highest BCUT2D eigenvalue weighted by Crippen LogP contribution is 2.30. The average molecular weight is 306 g/mol. The SMILES string of the molecule is CCN(CC1CCNCC1)C(=O)c1cc2c(s1)CCCC2. The van der Waals surface area contributed by atoms with Crippen LogP contribution >= 0.6 is 11.3 Å². The van der Waals surface area contributed by atoms with E-state index in [4.69, 9.17) is 0 Å². The standard InChI is InChI=1S/C17H26N2OS/c1-2-19(12-13-7-9-18-10-8-13)17(20)16-11-14-5-3-4-6-15(14)21-16/h11,13,18H,2-10,12H2,1H3. The number of hydrogen-bond acceptors (Lipinski definition) is 3. The van der Waals surface area contributed by atoms with E-state index >= 15 is 0 Å². The van der Waals surface area contributed by atoms with Gasteiger partial charge in [-0.05, 0) is 76.1 Å². The second-order valence-electron chi connectivity index (χ2n) is 6.30. The summed E-state index contributed by atoms with van der Waals surface area (Å²) >= 11 is 1.75. The fraction of sp³-hybridized carbons (Fsp3) is 0.706. The Morgan fingerprint density at radius 1 is 1.33 bits per heavy atom. The summed E-state index contributed by atoms with van der Waals surface area (Å²) in [6, 6.07) is 2.17. The summed E-state index contributed by atoms with van der Waals surface area (Å²) in [5.74, 6) is 0.931. The first-order valence-electron chi connectivity index (χ1n) is 8.39. The molecule has 1 fully saturated rings. The Labute approximate surface area is 131 Å². The molecule has 1 aromatic rings. The van der Waals surface area contributed by atoms with Crippen molar-refractivity contribution in [3.8, 4) is 0 Å². The molecule has 4 heteroatoms. The summed E-state index contributed by atoms with van der Waals surface area (Å²) in [5, 5.41) is 3.40. The van der Waals surface area contributed by atoms with Crippen LogP contribution in [0.2, 0.25) is 0 Å². The van der Waals surface area contributed by atoms with Crippen LogP contribution in [0.1, 0.15) is 52.7 Å². The van der Waals surface area contributed by atoms with Crippen LogP contribution in [0.4, 0.5) is 0 Å². The lowest BCUT2D eigenvalue weighted by Crippen LogP contribution is -2.39. The van der Waals surface area contributed by atoms with Gasteiger partial charge in [0.2, 0.25) is 0 Å². The number of carbonyl (C=O) groups excluding carboxylic acids is 1. The molecule has 0 aromatic carbocycles. The Hall–Kier alpha value is -0.870. The third-order valence-electron chi connectivity index (χ3n) is 4.81. The number of fused-ring (bicyclic) bond motifs is 1. The number of carbonyl (C=O) groups is 1. The number of nitrogens with one attached hydrogen (secondary N) is 1. The van der Waals surface area contributed by atoms with Gasteiger partial charge < -0.3 is 10.2 Å². The highest BCUT2D eigenvalue weighted by atomic mass is 32.1. The predicted octanol–water partition coefficient (Wildman–Crippen LogP) is 3.09. The minimum absolute atomic E-state index is 0.260. The van der Waals surface area contributed by atoms with Crippen LogP contribution in [-0.4, -0.2) is 37.0 Å². The van der Waals surface area contributed by atoms with Gasteiger partial charge in [0, 0.05) is 18.0 Å². The van der Waals surface area contributed by atoms with Gasteiger partial charge in [-0.25, -0.2) is 0 Å². The number of thiophene rings is 1. The van der Waals surface area contributed by atoms with Gasteiger partial charge >= 0.3 is 0 Å². The normalized spacial score (nSPS) is 19.3. The van der Waals surface area contributed by atoms with E-state index in [2.05, 4.69) is 23.2 Å². The highest BCUT2D eigenvalue weighted by molar-refractivity contribution is 7.14. The van der Waals surface area contributed by atoms with Crippen molar-refractivity contribution < 1.29 is 4.79 Å². The molecule has 1 aliphatic carbocycles. The van der Waals surface area contributed by atoms with E-state index < -0.39 is 0 Å². The summed E-state index contributed by atoms with van der Waals surface area (Å²) in [4.78, 5) is 17.3. The molecule has 0 unspecified atom stereocenters. The summed E-state index contributed by atoms with van der Waals surface area (Å²) in [7, 11) is 0. The van der Waals surface area contributed by atoms with E-state index in [-0.39, 0.29) is 5.91 Å². The van der Waals surface area contributed by atoms with Crippen molar-refractivity contribution in [3.63, 3.8) is 0 Å². The molecule has 2 heterocycles. The van der Waals surface area contributed by atoms with Crippen LogP contribution in [0, 0.1) is 5.92 Å². The maximum Gasteiger partial charge on any atom is 0.263 e. The zero-order valence-corrected chi connectivity index (χ0v) is 13.8. The van der Waals surface area contributed by atoms with Crippen LogP contribution < -0.4 is 5.32 Å². The quantitative estimate of drug-likeness (QED) is 0.927. The summed E-state index contributed by atoms with van der Waals surface area (Å²) < 4.78 is 0. The molecule has 3 nitrogen and oxygen atoms in total. The van der Waals surface area contributed by atoms with Crippen molar-refractivity contribution in [3.05, 3.63) is 21.4 Å².